The summed E-state index contributed by atoms with van der Waals surface area (Å²) in [6.07, 6.45) is 0.624. The minimum atomic E-state index is -3.14. The van der Waals surface area contributed by atoms with Crippen LogP contribution in [0.2, 0.25) is 0 Å². The van der Waals surface area contributed by atoms with Crippen LogP contribution in [-0.2, 0) is 27.9 Å². The highest BCUT2D eigenvalue weighted by atomic mass is 32.2. The van der Waals surface area contributed by atoms with E-state index in [4.69, 9.17) is 4.74 Å². The fourth-order valence-electron chi connectivity index (χ4n) is 1.53. The van der Waals surface area contributed by atoms with Gasteiger partial charge in [-0.1, -0.05) is 31.2 Å². The normalized spacial score (nSPS) is 11.6. The first-order valence-corrected chi connectivity index (χ1v) is 7.26. The lowest BCUT2D eigenvalue weighted by atomic mass is 10.1. The van der Waals surface area contributed by atoms with Gasteiger partial charge in [0.25, 0.3) is 0 Å². The molecule has 5 heteroatoms. The van der Waals surface area contributed by atoms with Crippen molar-refractivity contribution in [2.75, 3.05) is 12.9 Å². The zero-order chi connectivity index (χ0) is 12.7. The van der Waals surface area contributed by atoms with Crippen LogP contribution in [0, 0.1) is 0 Å². The fourth-order valence-corrected chi connectivity index (χ4v) is 2.60. The van der Waals surface area contributed by atoms with Crippen LogP contribution in [0.5, 0.6) is 0 Å². The molecule has 0 radical (unpaired) electrons. The summed E-state index contributed by atoms with van der Waals surface area (Å²) in [5.74, 6) is 0.171. The van der Waals surface area contributed by atoms with Crippen molar-refractivity contribution in [3.8, 4) is 0 Å². The van der Waals surface area contributed by atoms with Gasteiger partial charge < -0.3 is 4.74 Å². The van der Waals surface area contributed by atoms with E-state index in [-0.39, 0.29) is 5.75 Å². The third kappa shape index (κ3) is 5.30. The van der Waals surface area contributed by atoms with Crippen molar-refractivity contribution < 1.29 is 13.2 Å². The number of ether oxygens (including phenoxy) is 1. The first kappa shape index (κ1) is 14.2. The third-order valence-electron chi connectivity index (χ3n) is 2.27. The maximum atomic E-state index is 11.5. The molecule has 0 aliphatic carbocycles. The molecule has 0 aliphatic rings. The van der Waals surface area contributed by atoms with Crippen molar-refractivity contribution >= 4 is 10.0 Å². The first-order chi connectivity index (χ1) is 8.07. The van der Waals surface area contributed by atoms with Crippen molar-refractivity contribution in [1.29, 1.82) is 0 Å². The van der Waals surface area contributed by atoms with Crippen molar-refractivity contribution in [1.82, 2.24) is 4.72 Å². The summed E-state index contributed by atoms with van der Waals surface area (Å²) in [4.78, 5) is 0. The largest absolute Gasteiger partial charge is 0.380 e. The number of benzene rings is 1. The van der Waals surface area contributed by atoms with E-state index in [2.05, 4.69) is 4.72 Å². The average molecular weight is 257 g/mol. The van der Waals surface area contributed by atoms with Crippen LogP contribution >= 0.6 is 0 Å². The number of rotatable bonds is 7. The van der Waals surface area contributed by atoms with Gasteiger partial charge in [-0.2, -0.15) is 0 Å². The molecular weight excluding hydrogens is 238 g/mol. The van der Waals surface area contributed by atoms with Crippen LogP contribution in [0.1, 0.15) is 24.5 Å². The lowest BCUT2D eigenvalue weighted by Gasteiger charge is -2.07. The lowest BCUT2D eigenvalue weighted by Crippen LogP contribution is -2.25. The summed E-state index contributed by atoms with van der Waals surface area (Å²) in [5.41, 5.74) is 1.99. The highest BCUT2D eigenvalue weighted by molar-refractivity contribution is 7.89. The second-order valence-corrected chi connectivity index (χ2v) is 5.82. The maximum Gasteiger partial charge on any atom is 0.211 e. The Hall–Kier alpha value is -0.910. The smallest absolute Gasteiger partial charge is 0.211 e. The minimum absolute atomic E-state index is 0.171. The molecule has 1 rings (SSSR count). The zero-order valence-corrected chi connectivity index (χ0v) is 11.1. The Morgan fingerprint density at radius 1 is 1.29 bits per heavy atom. The van der Waals surface area contributed by atoms with Crippen LogP contribution < -0.4 is 4.72 Å². The molecular formula is C12H19NO3S. The van der Waals surface area contributed by atoms with Crippen LogP contribution in [0.25, 0.3) is 0 Å². The van der Waals surface area contributed by atoms with Crippen molar-refractivity contribution in [3.63, 3.8) is 0 Å². The molecule has 0 atom stereocenters. The molecule has 17 heavy (non-hydrogen) atoms. The van der Waals surface area contributed by atoms with Gasteiger partial charge in [-0.3, -0.25) is 0 Å². The summed E-state index contributed by atoms with van der Waals surface area (Å²) in [6, 6.07) is 7.69. The van der Waals surface area contributed by atoms with E-state index in [1.54, 1.807) is 7.11 Å². The lowest BCUT2D eigenvalue weighted by molar-refractivity contribution is 0.185. The second-order valence-electron chi connectivity index (χ2n) is 3.89. The van der Waals surface area contributed by atoms with Crippen LogP contribution in [0.4, 0.5) is 0 Å². The summed E-state index contributed by atoms with van der Waals surface area (Å²) in [7, 11) is -1.50. The van der Waals surface area contributed by atoms with Crippen LogP contribution in [-0.4, -0.2) is 21.3 Å². The van der Waals surface area contributed by atoms with E-state index in [1.165, 1.54) is 0 Å². The summed E-state index contributed by atoms with van der Waals surface area (Å²) in [5, 5.41) is 0. The Morgan fingerprint density at radius 2 is 2.00 bits per heavy atom. The molecule has 0 spiro atoms. The number of nitrogens with one attached hydrogen (secondary N) is 1. The van der Waals surface area contributed by atoms with Crippen molar-refractivity contribution in [2.24, 2.45) is 0 Å². The van der Waals surface area contributed by atoms with Gasteiger partial charge in [0.05, 0.1) is 12.4 Å². The third-order valence-corrected chi connectivity index (χ3v) is 3.80. The Labute approximate surface area is 103 Å². The molecule has 1 aromatic rings. The van der Waals surface area contributed by atoms with Gasteiger partial charge in [-0.25, -0.2) is 13.1 Å². The van der Waals surface area contributed by atoms with Crippen molar-refractivity contribution in [2.45, 2.75) is 26.5 Å². The van der Waals surface area contributed by atoms with Gasteiger partial charge in [0.2, 0.25) is 10.0 Å². The predicted molar refractivity (Wildman–Crippen MR) is 68.1 cm³/mol. The van der Waals surface area contributed by atoms with E-state index in [9.17, 15) is 8.42 Å². The Balaban J connectivity index is 2.60. The summed E-state index contributed by atoms with van der Waals surface area (Å²) >= 11 is 0. The Kier molecular flexibility index (Phi) is 5.61. The summed E-state index contributed by atoms with van der Waals surface area (Å²) < 4.78 is 30.6. The molecule has 0 aliphatic heterocycles. The molecule has 0 aromatic heterocycles. The quantitative estimate of drug-likeness (QED) is 0.808. The van der Waals surface area contributed by atoms with Gasteiger partial charge in [0.15, 0.2) is 0 Å². The van der Waals surface area contributed by atoms with E-state index < -0.39 is 10.0 Å². The predicted octanol–water partition coefficient (Wildman–Crippen LogP) is 1.66. The van der Waals surface area contributed by atoms with Crippen LogP contribution in [0.15, 0.2) is 24.3 Å². The van der Waals surface area contributed by atoms with Crippen molar-refractivity contribution in [3.05, 3.63) is 35.4 Å². The van der Waals surface area contributed by atoms with Crippen LogP contribution in [0.3, 0.4) is 0 Å². The first-order valence-electron chi connectivity index (χ1n) is 5.61. The van der Waals surface area contributed by atoms with E-state index in [0.717, 1.165) is 11.1 Å². The van der Waals surface area contributed by atoms with Gasteiger partial charge in [0.1, 0.15) is 0 Å². The number of methoxy groups -OCH3 is 1. The highest BCUT2D eigenvalue weighted by Crippen LogP contribution is 2.06. The molecule has 0 saturated carbocycles. The van der Waals surface area contributed by atoms with E-state index in [0.29, 0.717) is 19.6 Å². The van der Waals surface area contributed by atoms with E-state index in [1.807, 2.05) is 31.2 Å². The molecule has 96 valence electrons. The highest BCUT2D eigenvalue weighted by Gasteiger charge is 2.07. The van der Waals surface area contributed by atoms with Gasteiger partial charge in [0, 0.05) is 13.7 Å². The maximum absolute atomic E-state index is 11.5. The SMILES string of the molecule is CCCS(=O)(=O)NCc1cccc(COC)c1. The molecule has 0 saturated heterocycles. The number of hydrogen-bond acceptors (Lipinski definition) is 3. The van der Waals surface area contributed by atoms with Gasteiger partial charge in [-0.15, -0.1) is 0 Å². The molecule has 0 amide bonds. The molecule has 0 unspecified atom stereocenters. The van der Waals surface area contributed by atoms with Gasteiger partial charge >= 0.3 is 0 Å². The molecule has 0 fully saturated rings. The fraction of sp³-hybridized carbons (Fsp3) is 0.500. The standard InChI is InChI=1S/C12H19NO3S/c1-3-7-17(14,15)13-9-11-5-4-6-12(8-11)10-16-2/h4-6,8,13H,3,7,9-10H2,1-2H3. The van der Waals surface area contributed by atoms with E-state index >= 15 is 0 Å². The molecule has 1 aromatic carbocycles. The summed E-state index contributed by atoms with van der Waals surface area (Å²) in [6.45, 7) is 2.72. The second kappa shape index (κ2) is 6.74. The topological polar surface area (TPSA) is 55.4 Å². The van der Waals surface area contributed by atoms with Gasteiger partial charge in [-0.05, 0) is 17.5 Å². The Bertz CT molecular complexity index is 443. The molecule has 4 nitrogen and oxygen atoms in total. The zero-order valence-electron chi connectivity index (χ0n) is 10.3. The molecule has 1 N–H and O–H groups in total. The monoisotopic (exact) mass is 257 g/mol. The number of sulfonamides is 1. The average Bonchev–Trinajstić information content (AvgIpc) is 2.28. The number of hydrogen-bond donors (Lipinski definition) is 1. The Morgan fingerprint density at radius 3 is 2.65 bits per heavy atom. The molecule has 0 heterocycles. The minimum Gasteiger partial charge on any atom is -0.380 e. The molecule has 0 bridgehead atoms.